The van der Waals surface area contributed by atoms with Crippen LogP contribution in [-0.2, 0) is 6.18 Å². The molecule has 0 aliphatic rings. The van der Waals surface area contributed by atoms with Gasteiger partial charge in [0.1, 0.15) is 5.03 Å². The number of hydrogen-bond acceptors (Lipinski definition) is 4. The SMILES string of the molecule is CC(C)Sc1nc2ccc(Cl)cc2n2c(C(F)(F)F)nnc12. The van der Waals surface area contributed by atoms with Gasteiger partial charge in [-0.05, 0) is 18.2 Å². The molecular weight excluding hydrogens is 337 g/mol. The summed E-state index contributed by atoms with van der Waals surface area (Å²) in [5.41, 5.74) is 0.721. The normalized spacial score (nSPS) is 12.7. The van der Waals surface area contributed by atoms with Crippen LogP contribution in [-0.4, -0.2) is 24.8 Å². The fourth-order valence-electron chi connectivity index (χ4n) is 2.07. The average Bonchev–Trinajstić information content (AvgIpc) is 2.84. The molecule has 22 heavy (non-hydrogen) atoms. The molecular formula is C13H10ClF3N4S. The number of thioether (sulfide) groups is 1. The molecule has 0 saturated carbocycles. The number of aromatic nitrogens is 4. The molecule has 116 valence electrons. The van der Waals surface area contributed by atoms with E-state index in [1.165, 1.54) is 17.8 Å². The number of halogens is 4. The zero-order valence-electron chi connectivity index (χ0n) is 11.5. The highest BCUT2D eigenvalue weighted by molar-refractivity contribution is 8.00. The van der Waals surface area contributed by atoms with Gasteiger partial charge in [0.05, 0.1) is 11.0 Å². The molecule has 2 aromatic heterocycles. The number of hydrogen-bond donors (Lipinski definition) is 0. The Labute approximate surface area is 132 Å². The van der Waals surface area contributed by atoms with Crippen molar-refractivity contribution >= 4 is 40.0 Å². The summed E-state index contributed by atoms with van der Waals surface area (Å²) in [5, 5.41) is 7.87. The van der Waals surface area contributed by atoms with Crippen molar-refractivity contribution in [2.45, 2.75) is 30.3 Å². The third-order valence-electron chi connectivity index (χ3n) is 2.86. The summed E-state index contributed by atoms with van der Waals surface area (Å²) in [6.07, 6.45) is -4.62. The molecule has 0 saturated heterocycles. The molecule has 0 unspecified atom stereocenters. The monoisotopic (exact) mass is 346 g/mol. The fraction of sp³-hybridized carbons (Fsp3) is 0.308. The summed E-state index contributed by atoms with van der Waals surface area (Å²) in [5.74, 6) is -1.08. The van der Waals surface area contributed by atoms with Crippen molar-refractivity contribution in [2.75, 3.05) is 0 Å². The molecule has 0 aliphatic heterocycles. The van der Waals surface area contributed by atoms with Crippen LogP contribution in [0.1, 0.15) is 19.7 Å². The van der Waals surface area contributed by atoms with Gasteiger partial charge in [-0.15, -0.1) is 10.2 Å². The highest BCUT2D eigenvalue weighted by Crippen LogP contribution is 2.34. The molecule has 3 rings (SSSR count). The summed E-state index contributed by atoms with van der Waals surface area (Å²) in [6, 6.07) is 4.60. The third-order valence-corrected chi connectivity index (χ3v) is 4.06. The van der Waals surface area contributed by atoms with E-state index in [4.69, 9.17) is 11.6 Å². The highest BCUT2D eigenvalue weighted by atomic mass is 35.5. The minimum Gasteiger partial charge on any atom is -0.267 e. The van der Waals surface area contributed by atoms with Gasteiger partial charge in [0.25, 0.3) is 0 Å². The van der Waals surface area contributed by atoms with Crippen LogP contribution in [0.15, 0.2) is 23.2 Å². The lowest BCUT2D eigenvalue weighted by Gasteiger charge is -2.11. The minimum atomic E-state index is -4.62. The Bertz CT molecular complexity index is 860. The fourth-order valence-corrected chi connectivity index (χ4v) is 3.07. The van der Waals surface area contributed by atoms with E-state index in [1.54, 1.807) is 12.1 Å². The summed E-state index contributed by atoms with van der Waals surface area (Å²) in [7, 11) is 0. The molecule has 9 heteroatoms. The second-order valence-electron chi connectivity index (χ2n) is 4.90. The van der Waals surface area contributed by atoms with E-state index in [0.717, 1.165) is 4.40 Å². The average molecular weight is 347 g/mol. The van der Waals surface area contributed by atoms with Crippen LogP contribution in [0.3, 0.4) is 0 Å². The van der Waals surface area contributed by atoms with Gasteiger partial charge < -0.3 is 0 Å². The first-order valence-corrected chi connectivity index (χ1v) is 7.61. The number of rotatable bonds is 2. The van der Waals surface area contributed by atoms with Gasteiger partial charge in [0.2, 0.25) is 5.82 Å². The first-order chi connectivity index (χ1) is 10.3. The Balaban J connectivity index is 2.44. The summed E-state index contributed by atoms with van der Waals surface area (Å²) >= 11 is 7.24. The lowest BCUT2D eigenvalue weighted by molar-refractivity contribution is -0.145. The summed E-state index contributed by atoms with van der Waals surface area (Å²) < 4.78 is 40.5. The first kappa shape index (κ1) is 15.4. The van der Waals surface area contributed by atoms with Gasteiger partial charge in [-0.2, -0.15) is 13.2 Å². The zero-order chi connectivity index (χ0) is 16.1. The lowest BCUT2D eigenvalue weighted by Crippen LogP contribution is -2.12. The van der Waals surface area contributed by atoms with Crippen LogP contribution in [0, 0.1) is 0 Å². The minimum absolute atomic E-state index is 0.0841. The predicted octanol–water partition coefficient (Wildman–Crippen LogP) is 4.45. The van der Waals surface area contributed by atoms with Gasteiger partial charge >= 0.3 is 6.18 Å². The first-order valence-electron chi connectivity index (χ1n) is 6.35. The molecule has 4 nitrogen and oxygen atoms in total. The van der Waals surface area contributed by atoms with Crippen molar-refractivity contribution in [1.29, 1.82) is 0 Å². The Hall–Kier alpha value is -1.54. The van der Waals surface area contributed by atoms with E-state index in [9.17, 15) is 13.2 Å². The van der Waals surface area contributed by atoms with E-state index in [-0.39, 0.29) is 16.4 Å². The van der Waals surface area contributed by atoms with Crippen LogP contribution in [0.25, 0.3) is 16.7 Å². The van der Waals surface area contributed by atoms with Crippen molar-refractivity contribution in [3.05, 3.63) is 29.0 Å². The Kier molecular flexibility index (Phi) is 3.68. The van der Waals surface area contributed by atoms with Crippen LogP contribution < -0.4 is 0 Å². The van der Waals surface area contributed by atoms with Crippen LogP contribution in [0.4, 0.5) is 13.2 Å². The Morgan fingerprint density at radius 1 is 1.23 bits per heavy atom. The molecule has 2 heterocycles. The molecule has 0 spiro atoms. The van der Waals surface area contributed by atoms with Crippen LogP contribution in [0.2, 0.25) is 5.02 Å². The van der Waals surface area contributed by atoms with Gasteiger partial charge in [-0.25, -0.2) is 4.98 Å². The molecule has 0 bridgehead atoms. The quantitative estimate of drug-likeness (QED) is 0.643. The van der Waals surface area contributed by atoms with Crippen molar-refractivity contribution in [2.24, 2.45) is 0 Å². The smallest absolute Gasteiger partial charge is 0.267 e. The topological polar surface area (TPSA) is 43.1 Å². The maximum absolute atomic E-state index is 13.2. The molecule has 0 fully saturated rings. The van der Waals surface area contributed by atoms with Crippen LogP contribution in [0.5, 0.6) is 0 Å². The maximum atomic E-state index is 13.2. The van der Waals surface area contributed by atoms with Crippen molar-refractivity contribution < 1.29 is 13.2 Å². The van der Waals surface area contributed by atoms with Crippen molar-refractivity contribution in [3.8, 4) is 0 Å². The second-order valence-corrected chi connectivity index (χ2v) is 6.90. The molecule has 1 aromatic carbocycles. The molecule has 0 N–H and O–H groups in total. The maximum Gasteiger partial charge on any atom is 0.452 e. The highest BCUT2D eigenvalue weighted by Gasteiger charge is 2.38. The summed E-state index contributed by atoms with van der Waals surface area (Å²) in [6.45, 7) is 3.85. The van der Waals surface area contributed by atoms with Crippen molar-refractivity contribution in [1.82, 2.24) is 19.6 Å². The molecule has 0 amide bonds. The van der Waals surface area contributed by atoms with E-state index < -0.39 is 12.0 Å². The molecule has 0 radical (unpaired) electrons. The standard InChI is InChI=1S/C13H10ClF3N4S/c1-6(2)22-11-10-19-20-12(13(15,16)17)21(10)9-5-7(14)3-4-8(9)18-11/h3-6H,1-2H3. The number of fused-ring (bicyclic) bond motifs is 3. The van der Waals surface area contributed by atoms with Gasteiger partial charge in [0, 0.05) is 10.3 Å². The number of nitrogens with zero attached hydrogens (tertiary/aromatic N) is 4. The molecule has 3 aromatic rings. The van der Waals surface area contributed by atoms with Gasteiger partial charge in [-0.3, -0.25) is 4.40 Å². The second kappa shape index (κ2) is 5.27. The molecule has 0 atom stereocenters. The largest absolute Gasteiger partial charge is 0.452 e. The zero-order valence-corrected chi connectivity index (χ0v) is 13.1. The van der Waals surface area contributed by atoms with E-state index >= 15 is 0 Å². The van der Waals surface area contributed by atoms with E-state index in [0.29, 0.717) is 15.6 Å². The van der Waals surface area contributed by atoms with Gasteiger partial charge in [0.15, 0.2) is 5.65 Å². The Morgan fingerprint density at radius 2 is 1.95 bits per heavy atom. The summed E-state index contributed by atoms with van der Waals surface area (Å²) in [4.78, 5) is 4.39. The van der Waals surface area contributed by atoms with Crippen molar-refractivity contribution in [3.63, 3.8) is 0 Å². The Morgan fingerprint density at radius 3 is 2.59 bits per heavy atom. The number of benzene rings is 1. The third kappa shape index (κ3) is 2.61. The van der Waals surface area contributed by atoms with Crippen LogP contribution >= 0.6 is 23.4 Å². The van der Waals surface area contributed by atoms with E-state index in [2.05, 4.69) is 15.2 Å². The predicted molar refractivity (Wildman–Crippen MR) is 79.3 cm³/mol. The van der Waals surface area contributed by atoms with Gasteiger partial charge in [-0.1, -0.05) is 37.2 Å². The van der Waals surface area contributed by atoms with E-state index in [1.807, 2.05) is 13.8 Å². The number of alkyl halides is 3. The lowest BCUT2D eigenvalue weighted by atomic mass is 10.3. The molecule has 0 aliphatic carbocycles.